The van der Waals surface area contributed by atoms with Crippen LogP contribution in [0.4, 0.5) is 10.1 Å². The Morgan fingerprint density at radius 3 is 2.48 bits per heavy atom. The fourth-order valence-corrected chi connectivity index (χ4v) is 1.97. The van der Waals surface area contributed by atoms with Crippen LogP contribution in [0.5, 0.6) is 0 Å². The van der Waals surface area contributed by atoms with Crippen LogP contribution in [-0.2, 0) is 11.3 Å². The van der Waals surface area contributed by atoms with E-state index in [1.165, 1.54) is 6.07 Å². The molecular weight excluding hydrogens is 269 g/mol. The molecule has 2 rings (SSSR count). The fourth-order valence-electron chi connectivity index (χ4n) is 1.97. The largest absolute Gasteiger partial charge is 0.481 e. The van der Waals surface area contributed by atoms with Crippen molar-refractivity contribution in [3.8, 4) is 0 Å². The molecule has 0 heterocycles. The van der Waals surface area contributed by atoms with E-state index in [2.05, 4.69) is 5.32 Å². The monoisotopic (exact) mass is 287 g/mol. The zero-order valence-corrected chi connectivity index (χ0v) is 12.1. The van der Waals surface area contributed by atoms with E-state index in [4.69, 9.17) is 5.11 Å². The van der Waals surface area contributed by atoms with E-state index in [9.17, 15) is 9.18 Å². The van der Waals surface area contributed by atoms with Gasteiger partial charge in [0.2, 0.25) is 0 Å². The van der Waals surface area contributed by atoms with Crippen LogP contribution < -0.4 is 5.32 Å². The Morgan fingerprint density at radius 2 is 1.90 bits per heavy atom. The smallest absolute Gasteiger partial charge is 0.310 e. The van der Waals surface area contributed by atoms with E-state index in [0.29, 0.717) is 12.1 Å². The summed E-state index contributed by atoms with van der Waals surface area (Å²) in [7, 11) is 0. The van der Waals surface area contributed by atoms with Crippen molar-refractivity contribution in [2.24, 2.45) is 0 Å². The molecule has 0 radical (unpaired) electrons. The lowest BCUT2D eigenvalue weighted by molar-refractivity contribution is -0.138. The fraction of sp³-hybridized carbons (Fsp3) is 0.235. The zero-order valence-electron chi connectivity index (χ0n) is 12.1. The SMILES string of the molecule is Cc1ccc(NCc2ccc(C(C)C(=O)O)cc2)cc1F. The number of carboxylic acids is 1. The summed E-state index contributed by atoms with van der Waals surface area (Å²) in [5, 5.41) is 12.1. The quantitative estimate of drug-likeness (QED) is 0.876. The highest BCUT2D eigenvalue weighted by molar-refractivity contribution is 5.75. The third-order valence-electron chi connectivity index (χ3n) is 3.52. The van der Waals surface area contributed by atoms with Crippen LogP contribution in [0.15, 0.2) is 42.5 Å². The van der Waals surface area contributed by atoms with Crippen LogP contribution in [0, 0.1) is 12.7 Å². The van der Waals surface area contributed by atoms with Gasteiger partial charge in [-0.25, -0.2) is 4.39 Å². The number of anilines is 1. The molecule has 0 fully saturated rings. The lowest BCUT2D eigenvalue weighted by atomic mass is 10.00. The molecule has 110 valence electrons. The number of rotatable bonds is 5. The average Bonchev–Trinajstić information content (AvgIpc) is 2.48. The van der Waals surface area contributed by atoms with Crippen molar-refractivity contribution < 1.29 is 14.3 Å². The van der Waals surface area contributed by atoms with Crippen LogP contribution in [0.3, 0.4) is 0 Å². The lowest BCUT2D eigenvalue weighted by Crippen LogP contribution is -2.07. The number of carboxylic acid groups (broad SMARTS) is 1. The second-order valence-corrected chi connectivity index (χ2v) is 5.12. The highest BCUT2D eigenvalue weighted by atomic mass is 19.1. The summed E-state index contributed by atoms with van der Waals surface area (Å²) < 4.78 is 13.4. The highest BCUT2D eigenvalue weighted by Crippen LogP contribution is 2.18. The molecule has 21 heavy (non-hydrogen) atoms. The molecule has 3 nitrogen and oxygen atoms in total. The zero-order chi connectivity index (χ0) is 15.4. The van der Waals surface area contributed by atoms with Crippen LogP contribution >= 0.6 is 0 Å². The summed E-state index contributed by atoms with van der Waals surface area (Å²) >= 11 is 0. The molecule has 0 aromatic heterocycles. The maximum absolute atomic E-state index is 13.4. The van der Waals surface area contributed by atoms with Gasteiger partial charge in [-0.15, -0.1) is 0 Å². The number of hydrogen-bond acceptors (Lipinski definition) is 2. The summed E-state index contributed by atoms with van der Waals surface area (Å²) in [4.78, 5) is 10.9. The molecule has 0 saturated carbocycles. The first-order valence-electron chi connectivity index (χ1n) is 6.79. The Bertz CT molecular complexity index is 638. The Labute approximate surface area is 123 Å². The third-order valence-corrected chi connectivity index (χ3v) is 3.52. The van der Waals surface area contributed by atoms with E-state index < -0.39 is 11.9 Å². The van der Waals surface area contributed by atoms with Gasteiger partial charge >= 0.3 is 5.97 Å². The normalized spacial score (nSPS) is 12.0. The molecule has 0 aliphatic carbocycles. The first-order valence-corrected chi connectivity index (χ1v) is 6.79. The Hall–Kier alpha value is -2.36. The van der Waals surface area contributed by atoms with Crippen LogP contribution in [0.2, 0.25) is 0 Å². The summed E-state index contributed by atoms with van der Waals surface area (Å²) in [6.45, 7) is 3.94. The van der Waals surface area contributed by atoms with Crippen molar-refractivity contribution in [3.05, 3.63) is 65.0 Å². The van der Waals surface area contributed by atoms with Gasteiger partial charge in [-0.3, -0.25) is 4.79 Å². The minimum absolute atomic E-state index is 0.231. The Morgan fingerprint density at radius 1 is 1.24 bits per heavy atom. The van der Waals surface area contributed by atoms with E-state index in [1.807, 2.05) is 30.3 Å². The average molecular weight is 287 g/mol. The van der Waals surface area contributed by atoms with Crippen molar-refractivity contribution in [2.75, 3.05) is 5.32 Å². The number of hydrogen-bond donors (Lipinski definition) is 2. The van der Waals surface area contributed by atoms with Gasteiger partial charge in [0.05, 0.1) is 5.92 Å². The molecule has 0 saturated heterocycles. The van der Waals surface area contributed by atoms with Gasteiger partial charge in [0.1, 0.15) is 5.82 Å². The molecule has 0 aliphatic rings. The van der Waals surface area contributed by atoms with Gasteiger partial charge < -0.3 is 10.4 Å². The summed E-state index contributed by atoms with van der Waals surface area (Å²) in [5.74, 6) is -1.58. The minimum Gasteiger partial charge on any atom is -0.481 e. The lowest BCUT2D eigenvalue weighted by Gasteiger charge is -2.10. The van der Waals surface area contributed by atoms with Crippen LogP contribution in [-0.4, -0.2) is 11.1 Å². The number of aliphatic carboxylic acids is 1. The van der Waals surface area contributed by atoms with Crippen LogP contribution in [0.25, 0.3) is 0 Å². The number of carbonyl (C=O) groups is 1. The van der Waals surface area contributed by atoms with Gasteiger partial charge in [0, 0.05) is 12.2 Å². The maximum atomic E-state index is 13.4. The van der Waals surface area contributed by atoms with Crippen LogP contribution in [0.1, 0.15) is 29.5 Å². The second-order valence-electron chi connectivity index (χ2n) is 5.12. The number of nitrogens with one attached hydrogen (secondary N) is 1. The molecule has 1 atom stereocenters. The van der Waals surface area contributed by atoms with Gasteiger partial charge in [0.25, 0.3) is 0 Å². The molecule has 0 aliphatic heterocycles. The van der Waals surface area contributed by atoms with Gasteiger partial charge in [-0.05, 0) is 42.7 Å². The number of aryl methyl sites for hydroxylation is 1. The molecule has 0 bridgehead atoms. The highest BCUT2D eigenvalue weighted by Gasteiger charge is 2.12. The molecule has 1 unspecified atom stereocenters. The van der Waals surface area contributed by atoms with Gasteiger partial charge in [0.15, 0.2) is 0 Å². The number of benzene rings is 2. The van der Waals surface area contributed by atoms with Crippen molar-refractivity contribution in [2.45, 2.75) is 26.3 Å². The van der Waals surface area contributed by atoms with Gasteiger partial charge in [-0.1, -0.05) is 30.3 Å². The minimum atomic E-state index is -0.837. The topological polar surface area (TPSA) is 49.3 Å². The molecule has 2 N–H and O–H groups in total. The first-order chi connectivity index (χ1) is 9.97. The van der Waals surface area contributed by atoms with E-state index in [1.54, 1.807) is 19.9 Å². The first kappa shape index (κ1) is 15.0. The van der Waals surface area contributed by atoms with Crippen molar-refractivity contribution in [1.82, 2.24) is 0 Å². The summed E-state index contributed by atoms with van der Waals surface area (Å²) in [6, 6.07) is 12.4. The summed E-state index contributed by atoms with van der Waals surface area (Å²) in [5.41, 5.74) is 3.12. The van der Waals surface area contributed by atoms with E-state index >= 15 is 0 Å². The molecule has 0 amide bonds. The van der Waals surface area contributed by atoms with Crippen molar-refractivity contribution >= 4 is 11.7 Å². The third kappa shape index (κ3) is 3.81. The van der Waals surface area contributed by atoms with E-state index in [0.717, 1.165) is 16.8 Å². The second kappa shape index (κ2) is 6.39. The Balaban J connectivity index is 2.00. The van der Waals surface area contributed by atoms with E-state index in [-0.39, 0.29) is 5.82 Å². The maximum Gasteiger partial charge on any atom is 0.310 e. The predicted octanol–water partition coefficient (Wildman–Crippen LogP) is 3.93. The van der Waals surface area contributed by atoms with Crippen molar-refractivity contribution in [1.29, 1.82) is 0 Å². The molecule has 4 heteroatoms. The standard InChI is InChI=1S/C17H18FNO2/c1-11-3-8-15(9-16(11)18)19-10-13-4-6-14(7-5-13)12(2)17(20)21/h3-9,12,19H,10H2,1-2H3,(H,20,21). The van der Waals surface area contributed by atoms with Crippen molar-refractivity contribution in [3.63, 3.8) is 0 Å². The molecule has 2 aromatic carbocycles. The summed E-state index contributed by atoms with van der Waals surface area (Å²) in [6.07, 6.45) is 0. The molecule has 2 aromatic rings. The molecular formula is C17H18FNO2. The molecule has 0 spiro atoms. The Kier molecular flexibility index (Phi) is 4.58. The van der Waals surface area contributed by atoms with Gasteiger partial charge in [-0.2, -0.15) is 0 Å². The predicted molar refractivity (Wildman–Crippen MR) is 81.0 cm³/mol. The number of halogens is 1.